The number of aromatic nitrogens is 1. The van der Waals surface area contributed by atoms with Crippen molar-refractivity contribution in [1.82, 2.24) is 9.88 Å². The molecule has 0 bridgehead atoms. The Balaban J connectivity index is 1.63. The van der Waals surface area contributed by atoms with Crippen molar-refractivity contribution in [1.29, 1.82) is 0 Å². The van der Waals surface area contributed by atoms with E-state index in [0.29, 0.717) is 12.1 Å². The summed E-state index contributed by atoms with van der Waals surface area (Å²) in [5, 5.41) is 10.7. The normalized spacial score (nSPS) is 36.5. The smallest absolute Gasteiger partial charge is 0.107 e. The average Bonchev–Trinajstić information content (AvgIpc) is 2.87. The van der Waals surface area contributed by atoms with Gasteiger partial charge in [-0.15, -0.1) is 0 Å². The number of rotatable bonds is 2. The first kappa shape index (κ1) is 13.0. The number of pyridine rings is 1. The molecule has 1 atom stereocenters. The van der Waals surface area contributed by atoms with Crippen molar-refractivity contribution in [2.45, 2.75) is 49.8 Å². The molecule has 0 radical (unpaired) electrons. The maximum Gasteiger partial charge on any atom is 0.107 e. The topological polar surface area (TPSA) is 62.4 Å². The maximum atomic E-state index is 10.7. The van der Waals surface area contributed by atoms with Crippen LogP contribution in [0.2, 0.25) is 0 Å². The van der Waals surface area contributed by atoms with E-state index in [4.69, 9.17) is 5.73 Å². The lowest BCUT2D eigenvalue weighted by atomic mass is 9.79. The number of nitrogens with two attached hydrogens (primary N) is 1. The minimum absolute atomic E-state index is 0.344. The summed E-state index contributed by atoms with van der Waals surface area (Å²) < 4.78 is 0. The third-order valence-electron chi connectivity index (χ3n) is 4.70. The summed E-state index contributed by atoms with van der Waals surface area (Å²) in [4.78, 5) is 6.83. The summed E-state index contributed by atoms with van der Waals surface area (Å²) >= 11 is 0. The van der Waals surface area contributed by atoms with E-state index in [1.807, 2.05) is 18.2 Å². The SMILES string of the molecule is N[C@@H]1CCN([C@H]2CC[C@](O)(c3ccccn3)CC2)C1. The van der Waals surface area contributed by atoms with Crippen molar-refractivity contribution in [3.8, 4) is 0 Å². The van der Waals surface area contributed by atoms with E-state index < -0.39 is 5.60 Å². The van der Waals surface area contributed by atoms with Crippen LogP contribution in [0.4, 0.5) is 0 Å². The molecule has 1 aliphatic carbocycles. The Morgan fingerprint density at radius 2 is 2.05 bits per heavy atom. The van der Waals surface area contributed by atoms with E-state index in [0.717, 1.165) is 50.9 Å². The van der Waals surface area contributed by atoms with Gasteiger partial charge in [-0.25, -0.2) is 0 Å². The lowest BCUT2D eigenvalue weighted by Gasteiger charge is -2.39. The van der Waals surface area contributed by atoms with Gasteiger partial charge in [-0.1, -0.05) is 6.07 Å². The highest BCUT2D eigenvalue weighted by Gasteiger charge is 2.38. The number of nitrogens with zero attached hydrogens (tertiary/aromatic N) is 2. The summed E-state index contributed by atoms with van der Waals surface area (Å²) in [5.74, 6) is 0. The van der Waals surface area contributed by atoms with Gasteiger partial charge in [0.2, 0.25) is 0 Å². The van der Waals surface area contributed by atoms with Crippen LogP contribution in [-0.4, -0.2) is 40.2 Å². The zero-order chi connectivity index (χ0) is 13.3. The number of aliphatic hydroxyl groups is 1. The van der Waals surface area contributed by atoms with Gasteiger partial charge in [0, 0.05) is 31.4 Å². The second kappa shape index (κ2) is 5.19. The molecule has 2 fully saturated rings. The fourth-order valence-corrected chi connectivity index (χ4v) is 3.49. The van der Waals surface area contributed by atoms with E-state index in [1.165, 1.54) is 0 Å². The van der Waals surface area contributed by atoms with Crippen molar-refractivity contribution >= 4 is 0 Å². The van der Waals surface area contributed by atoms with Crippen molar-refractivity contribution in [2.75, 3.05) is 13.1 Å². The van der Waals surface area contributed by atoms with Gasteiger partial charge >= 0.3 is 0 Å². The molecule has 3 rings (SSSR count). The summed E-state index contributed by atoms with van der Waals surface area (Å²) in [6.07, 6.45) is 6.57. The first-order valence-corrected chi connectivity index (χ1v) is 7.31. The molecule has 0 aromatic carbocycles. The largest absolute Gasteiger partial charge is 0.384 e. The van der Waals surface area contributed by atoms with Crippen LogP contribution in [0.3, 0.4) is 0 Å². The van der Waals surface area contributed by atoms with Crippen LogP contribution in [0.15, 0.2) is 24.4 Å². The minimum Gasteiger partial charge on any atom is -0.384 e. The zero-order valence-corrected chi connectivity index (χ0v) is 11.3. The molecular weight excluding hydrogens is 238 g/mol. The Morgan fingerprint density at radius 1 is 1.26 bits per heavy atom. The Labute approximate surface area is 114 Å². The van der Waals surface area contributed by atoms with Gasteiger partial charge in [0.25, 0.3) is 0 Å². The van der Waals surface area contributed by atoms with Crippen LogP contribution >= 0.6 is 0 Å². The Bertz CT molecular complexity index is 415. The van der Waals surface area contributed by atoms with Gasteiger partial charge < -0.3 is 10.8 Å². The van der Waals surface area contributed by atoms with E-state index in [1.54, 1.807) is 6.20 Å². The molecule has 1 aromatic rings. The van der Waals surface area contributed by atoms with Gasteiger partial charge in [0.15, 0.2) is 0 Å². The molecule has 2 aliphatic rings. The molecule has 2 heterocycles. The van der Waals surface area contributed by atoms with Crippen LogP contribution in [0.5, 0.6) is 0 Å². The molecule has 1 aromatic heterocycles. The summed E-state index contributed by atoms with van der Waals surface area (Å²) in [7, 11) is 0. The lowest BCUT2D eigenvalue weighted by Crippen LogP contribution is -2.42. The molecule has 1 aliphatic heterocycles. The lowest BCUT2D eigenvalue weighted by molar-refractivity contribution is -0.0256. The second-order valence-electron chi connectivity index (χ2n) is 6.02. The Morgan fingerprint density at radius 3 is 2.63 bits per heavy atom. The number of hydrogen-bond donors (Lipinski definition) is 2. The van der Waals surface area contributed by atoms with Gasteiger partial charge in [-0.2, -0.15) is 0 Å². The number of hydrogen-bond acceptors (Lipinski definition) is 4. The highest BCUT2D eigenvalue weighted by molar-refractivity contribution is 5.14. The average molecular weight is 261 g/mol. The van der Waals surface area contributed by atoms with E-state index in [2.05, 4.69) is 9.88 Å². The maximum absolute atomic E-state index is 10.7. The van der Waals surface area contributed by atoms with Crippen molar-refractivity contribution in [3.63, 3.8) is 0 Å². The molecule has 0 amide bonds. The second-order valence-corrected chi connectivity index (χ2v) is 6.02. The third-order valence-corrected chi connectivity index (χ3v) is 4.70. The minimum atomic E-state index is -0.723. The van der Waals surface area contributed by atoms with Crippen molar-refractivity contribution < 1.29 is 5.11 Å². The van der Waals surface area contributed by atoms with Crippen LogP contribution in [0.25, 0.3) is 0 Å². The first-order chi connectivity index (χ1) is 9.17. The van der Waals surface area contributed by atoms with E-state index in [9.17, 15) is 5.11 Å². The third kappa shape index (κ3) is 2.66. The van der Waals surface area contributed by atoms with Crippen LogP contribution in [0, 0.1) is 0 Å². The van der Waals surface area contributed by atoms with Crippen molar-refractivity contribution in [2.24, 2.45) is 5.73 Å². The Hall–Kier alpha value is -0.970. The predicted molar refractivity (Wildman–Crippen MR) is 74.6 cm³/mol. The van der Waals surface area contributed by atoms with Crippen LogP contribution in [-0.2, 0) is 5.60 Å². The predicted octanol–water partition coefficient (Wildman–Crippen LogP) is 1.24. The van der Waals surface area contributed by atoms with E-state index in [-0.39, 0.29) is 0 Å². The van der Waals surface area contributed by atoms with Gasteiger partial charge in [0.05, 0.1) is 5.69 Å². The Kier molecular flexibility index (Phi) is 3.56. The molecule has 3 N–H and O–H groups in total. The standard InChI is InChI=1S/C15H23N3O/c16-12-6-10-18(11-12)13-4-7-15(19,8-5-13)14-3-1-2-9-17-14/h1-3,9,12-13,19H,4-8,10-11,16H2/t12-,13-,15+/m1/s1. The molecule has 19 heavy (non-hydrogen) atoms. The molecule has 104 valence electrons. The molecule has 1 saturated heterocycles. The fraction of sp³-hybridized carbons (Fsp3) is 0.667. The quantitative estimate of drug-likeness (QED) is 0.841. The highest BCUT2D eigenvalue weighted by atomic mass is 16.3. The molecule has 0 unspecified atom stereocenters. The van der Waals surface area contributed by atoms with Gasteiger partial charge in [-0.3, -0.25) is 9.88 Å². The zero-order valence-electron chi connectivity index (χ0n) is 11.3. The summed E-state index contributed by atoms with van der Waals surface area (Å²) in [6.45, 7) is 2.14. The summed E-state index contributed by atoms with van der Waals surface area (Å²) in [5.41, 5.74) is 6.08. The van der Waals surface area contributed by atoms with Crippen molar-refractivity contribution in [3.05, 3.63) is 30.1 Å². The van der Waals surface area contributed by atoms with Gasteiger partial charge in [-0.05, 0) is 44.2 Å². The van der Waals surface area contributed by atoms with Gasteiger partial charge in [0.1, 0.15) is 5.60 Å². The summed E-state index contributed by atoms with van der Waals surface area (Å²) in [6, 6.07) is 6.72. The number of likely N-dealkylation sites (tertiary alicyclic amines) is 1. The molecule has 4 heteroatoms. The molecule has 4 nitrogen and oxygen atoms in total. The van der Waals surface area contributed by atoms with Crippen LogP contribution < -0.4 is 5.73 Å². The first-order valence-electron chi connectivity index (χ1n) is 7.31. The highest BCUT2D eigenvalue weighted by Crippen LogP contribution is 2.38. The molecule has 1 saturated carbocycles. The van der Waals surface area contributed by atoms with E-state index >= 15 is 0 Å². The van der Waals surface area contributed by atoms with Crippen LogP contribution in [0.1, 0.15) is 37.8 Å². The fourth-order valence-electron chi connectivity index (χ4n) is 3.49. The molecular formula is C15H23N3O. The monoisotopic (exact) mass is 261 g/mol. The molecule has 0 spiro atoms.